The zero-order valence-corrected chi connectivity index (χ0v) is 17.5. The van der Waals surface area contributed by atoms with Gasteiger partial charge in [-0.05, 0) is 6.07 Å². The van der Waals surface area contributed by atoms with Crippen molar-refractivity contribution in [3.05, 3.63) is 60.7 Å². The van der Waals surface area contributed by atoms with Crippen molar-refractivity contribution >= 4 is 34.4 Å². The van der Waals surface area contributed by atoms with Gasteiger partial charge in [0.2, 0.25) is 11.9 Å². The molecule has 17 nitrogen and oxygen atoms in total. The van der Waals surface area contributed by atoms with Gasteiger partial charge in [0, 0.05) is 11.6 Å². The maximum absolute atomic E-state index is 12.5. The molecule has 1 aromatic carbocycles. The summed E-state index contributed by atoms with van der Waals surface area (Å²) in [5, 5.41) is 53.9. The third kappa shape index (κ3) is 4.43. The van der Waals surface area contributed by atoms with E-state index in [-0.39, 0.29) is 22.7 Å². The molecule has 1 aliphatic heterocycles. The molecule has 0 aliphatic carbocycles. The zero-order valence-electron chi connectivity index (χ0n) is 17.5. The van der Waals surface area contributed by atoms with E-state index in [0.717, 1.165) is 29.1 Å². The largest absolute Gasteiger partial charge is 0.394 e. The quantitative estimate of drug-likeness (QED) is 0.192. The number of aliphatic hydroxyl groups is 3. The minimum Gasteiger partial charge on any atom is -0.394 e. The third-order valence-electron chi connectivity index (χ3n) is 5.31. The van der Waals surface area contributed by atoms with Gasteiger partial charge in [-0.3, -0.25) is 44.7 Å². The molecular formula is C18H17N7O10. The number of benzene rings is 1. The van der Waals surface area contributed by atoms with Crippen LogP contribution in [0.1, 0.15) is 11.8 Å². The molecule has 3 heterocycles. The number of non-ortho nitro benzene ring substituents is 1. The lowest BCUT2D eigenvalue weighted by atomic mass is 10.1. The van der Waals surface area contributed by atoms with Crippen LogP contribution in [0.15, 0.2) is 29.3 Å². The van der Waals surface area contributed by atoms with Crippen LogP contribution in [0.2, 0.25) is 0 Å². The molecular weight excluding hydrogens is 474 g/mol. The van der Waals surface area contributed by atoms with E-state index in [4.69, 9.17) is 4.74 Å². The fourth-order valence-electron chi connectivity index (χ4n) is 3.62. The van der Waals surface area contributed by atoms with E-state index in [2.05, 4.69) is 20.3 Å². The Hall–Kier alpha value is -4.32. The van der Waals surface area contributed by atoms with Gasteiger partial charge in [0.25, 0.3) is 16.9 Å². The first-order chi connectivity index (χ1) is 16.6. The Morgan fingerprint density at radius 2 is 1.97 bits per heavy atom. The normalized spacial score (nSPS) is 21.8. The minimum atomic E-state index is -1.48. The highest BCUT2D eigenvalue weighted by Crippen LogP contribution is 2.31. The number of carbonyl (C=O) groups excluding carboxylic acids is 1. The second kappa shape index (κ2) is 9.14. The number of fused-ring (bicyclic) bond motifs is 1. The van der Waals surface area contributed by atoms with Crippen LogP contribution in [-0.2, 0) is 16.0 Å². The number of carbonyl (C=O) groups is 1. The van der Waals surface area contributed by atoms with Gasteiger partial charge in [-0.2, -0.15) is 4.98 Å². The number of hydrogen-bond donors (Lipinski definition) is 5. The summed E-state index contributed by atoms with van der Waals surface area (Å²) in [6, 6.07) is 2.82. The molecule has 1 amide bonds. The van der Waals surface area contributed by atoms with Crippen molar-refractivity contribution in [3.8, 4) is 0 Å². The molecule has 1 saturated heterocycles. The standard InChI is InChI=1S/C18H17N7O10/c26-5-10-13(28)14(29)17(35-10)23-6-19-12-15(23)21-18(22-16(12)30)20-11(27)3-7-1-2-8(24(31)32)4-9(7)25(33)34/h1-2,4,6,10,13-14,17,26,28-29H,3,5H2,(H2,20,21,22,27,30)/t10-,13+,14+,17+/m0/s1. The second-order valence-electron chi connectivity index (χ2n) is 7.52. The number of aromatic amines is 1. The van der Waals surface area contributed by atoms with Crippen LogP contribution >= 0.6 is 0 Å². The van der Waals surface area contributed by atoms with Gasteiger partial charge >= 0.3 is 0 Å². The number of rotatable bonds is 7. The van der Waals surface area contributed by atoms with Crippen molar-refractivity contribution in [2.75, 3.05) is 11.9 Å². The fourth-order valence-corrected chi connectivity index (χ4v) is 3.62. The molecule has 17 heteroatoms. The Kier molecular flexibility index (Phi) is 6.22. The van der Waals surface area contributed by atoms with E-state index >= 15 is 0 Å². The van der Waals surface area contributed by atoms with Crippen molar-refractivity contribution in [3.63, 3.8) is 0 Å². The fraction of sp³-hybridized carbons (Fsp3) is 0.333. The van der Waals surface area contributed by atoms with Crippen LogP contribution in [0.4, 0.5) is 17.3 Å². The molecule has 1 fully saturated rings. The molecule has 0 bridgehead atoms. The summed E-state index contributed by atoms with van der Waals surface area (Å²) >= 11 is 0. The predicted molar refractivity (Wildman–Crippen MR) is 113 cm³/mol. The van der Waals surface area contributed by atoms with Crippen LogP contribution in [0.5, 0.6) is 0 Å². The lowest BCUT2D eigenvalue weighted by Gasteiger charge is -2.16. The number of aliphatic hydroxyl groups excluding tert-OH is 3. The average Bonchev–Trinajstić information content (AvgIpc) is 3.34. The second-order valence-corrected chi connectivity index (χ2v) is 7.52. The van der Waals surface area contributed by atoms with Gasteiger partial charge in [-0.15, -0.1) is 0 Å². The number of nitro benzene ring substituents is 2. The number of nitrogens with zero attached hydrogens (tertiary/aromatic N) is 5. The number of anilines is 1. The molecule has 5 N–H and O–H groups in total. The molecule has 4 atom stereocenters. The SMILES string of the molecule is O=C(Cc1ccc([N+](=O)[O-])cc1[N+](=O)[O-])Nc1nc2c(ncn2[C@@H]2O[C@@H](CO)[C@@H](O)[C@H]2O)c(=O)[nH]1. The summed E-state index contributed by atoms with van der Waals surface area (Å²) < 4.78 is 6.55. The maximum Gasteiger partial charge on any atom is 0.280 e. The number of ether oxygens (including phenoxy) is 1. The van der Waals surface area contributed by atoms with Crippen molar-refractivity contribution in [1.82, 2.24) is 19.5 Å². The van der Waals surface area contributed by atoms with Gasteiger partial charge in [0.1, 0.15) is 18.3 Å². The summed E-state index contributed by atoms with van der Waals surface area (Å²) in [5.74, 6) is -1.19. The summed E-state index contributed by atoms with van der Waals surface area (Å²) in [4.78, 5) is 55.6. The van der Waals surface area contributed by atoms with Crippen molar-refractivity contribution < 1.29 is 34.7 Å². The van der Waals surface area contributed by atoms with Crippen LogP contribution in [0, 0.1) is 20.2 Å². The zero-order chi connectivity index (χ0) is 25.4. The Morgan fingerprint density at radius 1 is 1.23 bits per heavy atom. The first-order valence-electron chi connectivity index (χ1n) is 9.91. The van der Waals surface area contributed by atoms with Crippen LogP contribution in [0.3, 0.4) is 0 Å². The summed E-state index contributed by atoms with van der Waals surface area (Å²) in [5.41, 5.74) is -2.33. The maximum atomic E-state index is 12.5. The summed E-state index contributed by atoms with van der Waals surface area (Å²) in [6.07, 6.45) is -4.67. The molecule has 1 aliphatic rings. The molecule has 35 heavy (non-hydrogen) atoms. The Morgan fingerprint density at radius 3 is 2.60 bits per heavy atom. The number of H-pyrrole nitrogens is 1. The van der Waals surface area contributed by atoms with Crippen molar-refractivity contribution in [2.45, 2.75) is 31.0 Å². The number of aromatic nitrogens is 4. The van der Waals surface area contributed by atoms with Gasteiger partial charge in [0.05, 0.1) is 35.3 Å². The Bertz CT molecular complexity index is 1390. The molecule has 0 unspecified atom stereocenters. The monoisotopic (exact) mass is 491 g/mol. The predicted octanol–water partition coefficient (Wildman–Crippen LogP) is -1.27. The lowest BCUT2D eigenvalue weighted by molar-refractivity contribution is -0.394. The number of hydrogen-bond acceptors (Lipinski definition) is 12. The number of amides is 1. The van der Waals surface area contributed by atoms with E-state index in [1.54, 1.807) is 0 Å². The van der Waals surface area contributed by atoms with Crippen LogP contribution in [0.25, 0.3) is 11.2 Å². The molecule has 3 aromatic rings. The number of nitro groups is 2. The Labute approximate surface area is 192 Å². The van der Waals surface area contributed by atoms with Gasteiger partial charge in [0.15, 0.2) is 17.4 Å². The van der Waals surface area contributed by atoms with Crippen LogP contribution < -0.4 is 10.9 Å². The van der Waals surface area contributed by atoms with Gasteiger partial charge < -0.3 is 20.1 Å². The highest BCUT2D eigenvalue weighted by molar-refractivity contribution is 5.92. The highest BCUT2D eigenvalue weighted by Gasteiger charge is 2.44. The van der Waals surface area contributed by atoms with Gasteiger partial charge in [-0.1, -0.05) is 0 Å². The van der Waals surface area contributed by atoms with E-state index in [1.165, 1.54) is 0 Å². The number of nitrogens with one attached hydrogen (secondary N) is 2. The molecule has 4 rings (SSSR count). The van der Waals surface area contributed by atoms with Gasteiger partial charge in [-0.25, -0.2) is 4.98 Å². The lowest BCUT2D eigenvalue weighted by Crippen LogP contribution is -2.33. The van der Waals surface area contributed by atoms with E-state index < -0.39 is 70.3 Å². The van der Waals surface area contributed by atoms with Crippen LogP contribution in [-0.4, -0.2) is 75.5 Å². The van der Waals surface area contributed by atoms with Crippen molar-refractivity contribution in [2.24, 2.45) is 0 Å². The molecule has 0 saturated carbocycles. The molecule has 2 aromatic heterocycles. The van der Waals surface area contributed by atoms with E-state index in [1.807, 2.05) is 0 Å². The average molecular weight is 491 g/mol. The first-order valence-corrected chi connectivity index (χ1v) is 9.91. The number of imidazole rings is 1. The molecule has 184 valence electrons. The summed E-state index contributed by atoms with van der Waals surface area (Å²) in [6.45, 7) is -0.578. The van der Waals surface area contributed by atoms with Crippen molar-refractivity contribution in [1.29, 1.82) is 0 Å². The van der Waals surface area contributed by atoms with E-state index in [9.17, 15) is 45.1 Å². The molecule has 0 spiro atoms. The van der Waals surface area contributed by atoms with E-state index in [0.29, 0.717) is 0 Å². The third-order valence-corrected chi connectivity index (χ3v) is 5.31. The topological polar surface area (TPSA) is 249 Å². The minimum absolute atomic E-state index is 0.113. The summed E-state index contributed by atoms with van der Waals surface area (Å²) in [7, 11) is 0. The highest BCUT2D eigenvalue weighted by atomic mass is 16.6. The smallest absolute Gasteiger partial charge is 0.280 e. The Balaban J connectivity index is 1.60. The molecule has 0 radical (unpaired) electrons. The first kappa shape index (κ1) is 23.8.